The molecule has 0 bridgehead atoms. The van der Waals surface area contributed by atoms with Gasteiger partial charge in [0.1, 0.15) is 5.75 Å². The van der Waals surface area contributed by atoms with Gasteiger partial charge in [0.25, 0.3) is 0 Å². The molecule has 1 amide bonds. The molecule has 0 atom stereocenters. The molecule has 1 N–H and O–H groups in total. The molecule has 0 aromatic heterocycles. The molecule has 182 valence electrons. The first-order valence-corrected chi connectivity index (χ1v) is 12.7. The number of carbonyl (C=O) groups is 2. The summed E-state index contributed by atoms with van der Waals surface area (Å²) in [6.45, 7) is 1.22. The Kier molecular flexibility index (Phi) is 8.25. The van der Waals surface area contributed by atoms with Crippen molar-refractivity contribution in [1.29, 1.82) is 0 Å². The van der Waals surface area contributed by atoms with Crippen LogP contribution in [0, 0.1) is 5.92 Å². The number of esters is 1. The first kappa shape index (κ1) is 24.3. The summed E-state index contributed by atoms with van der Waals surface area (Å²) in [6, 6.07) is 16.8. The normalized spacial score (nSPS) is 21.1. The second-order valence-corrected chi connectivity index (χ2v) is 9.79. The molecule has 0 unspecified atom stereocenters. The lowest BCUT2D eigenvalue weighted by Crippen LogP contribution is -2.32. The van der Waals surface area contributed by atoms with E-state index in [1.165, 1.54) is 23.8 Å². The molecule has 1 saturated carbocycles. The lowest BCUT2D eigenvalue weighted by molar-refractivity contribution is -0.147. The molecule has 34 heavy (non-hydrogen) atoms. The van der Waals surface area contributed by atoms with Gasteiger partial charge >= 0.3 is 5.97 Å². The zero-order valence-electron chi connectivity index (χ0n) is 20.3. The smallest absolute Gasteiger partial charge is 0.308 e. The van der Waals surface area contributed by atoms with Crippen LogP contribution >= 0.6 is 0 Å². The van der Waals surface area contributed by atoms with Gasteiger partial charge in [0.15, 0.2) is 0 Å². The fourth-order valence-corrected chi connectivity index (χ4v) is 5.63. The van der Waals surface area contributed by atoms with Gasteiger partial charge in [-0.25, -0.2) is 0 Å². The minimum absolute atomic E-state index is 0.0488. The van der Waals surface area contributed by atoms with E-state index in [0.29, 0.717) is 19.6 Å². The van der Waals surface area contributed by atoms with E-state index >= 15 is 0 Å². The Hall–Kier alpha value is -2.82. The van der Waals surface area contributed by atoms with Crippen molar-refractivity contribution in [3.8, 4) is 5.75 Å². The van der Waals surface area contributed by atoms with Crippen LogP contribution in [0.3, 0.4) is 0 Å². The molecule has 5 nitrogen and oxygen atoms in total. The maximum atomic E-state index is 12.1. The molecular formula is C29H37NO4. The predicted molar refractivity (Wildman–Crippen MR) is 133 cm³/mol. The highest BCUT2D eigenvalue weighted by Gasteiger charge is 2.43. The van der Waals surface area contributed by atoms with Crippen LogP contribution < -0.4 is 10.1 Å². The predicted octanol–water partition coefficient (Wildman–Crippen LogP) is 5.14. The van der Waals surface area contributed by atoms with Crippen molar-refractivity contribution in [3.63, 3.8) is 0 Å². The van der Waals surface area contributed by atoms with E-state index < -0.39 is 0 Å². The van der Waals surface area contributed by atoms with Crippen LogP contribution in [0.5, 0.6) is 5.75 Å². The van der Waals surface area contributed by atoms with E-state index in [2.05, 4.69) is 35.6 Å². The molecule has 0 heterocycles. The van der Waals surface area contributed by atoms with Gasteiger partial charge in [-0.1, -0.05) is 36.4 Å². The Labute approximate surface area is 203 Å². The Morgan fingerprint density at radius 3 is 2.59 bits per heavy atom. The molecule has 1 fully saturated rings. The van der Waals surface area contributed by atoms with Gasteiger partial charge in [-0.2, -0.15) is 0 Å². The number of benzene rings is 2. The maximum Gasteiger partial charge on any atom is 0.308 e. The van der Waals surface area contributed by atoms with E-state index in [4.69, 9.17) is 9.47 Å². The second kappa shape index (κ2) is 11.5. The van der Waals surface area contributed by atoms with E-state index in [9.17, 15) is 9.59 Å². The minimum atomic E-state index is -0.0616. The van der Waals surface area contributed by atoms with Gasteiger partial charge in [-0.05, 0) is 92.0 Å². The fourth-order valence-electron chi connectivity index (χ4n) is 5.63. The molecule has 0 radical (unpaired) electrons. The summed E-state index contributed by atoms with van der Waals surface area (Å²) < 4.78 is 11.0. The maximum absolute atomic E-state index is 12.1. The first-order chi connectivity index (χ1) is 16.6. The SMILES string of the molecule is COC(=O)C1CCC2(CCc3ccc(OCCCNC(=O)CCCc4ccccc4)cc32)CC1. The van der Waals surface area contributed by atoms with Crippen LogP contribution in [-0.2, 0) is 32.6 Å². The van der Waals surface area contributed by atoms with Crippen molar-refractivity contribution in [1.82, 2.24) is 5.32 Å². The van der Waals surface area contributed by atoms with Crippen molar-refractivity contribution in [2.45, 2.75) is 69.6 Å². The molecule has 4 rings (SSSR count). The van der Waals surface area contributed by atoms with Crippen LogP contribution in [0.1, 0.15) is 68.1 Å². The van der Waals surface area contributed by atoms with Crippen molar-refractivity contribution in [3.05, 3.63) is 65.2 Å². The van der Waals surface area contributed by atoms with Gasteiger partial charge in [0.2, 0.25) is 5.91 Å². The fraction of sp³-hybridized carbons (Fsp3) is 0.517. The summed E-state index contributed by atoms with van der Waals surface area (Å²) in [5, 5.41) is 3.00. The highest BCUT2D eigenvalue weighted by atomic mass is 16.5. The highest BCUT2D eigenvalue weighted by molar-refractivity contribution is 5.75. The average molecular weight is 464 g/mol. The molecular weight excluding hydrogens is 426 g/mol. The van der Waals surface area contributed by atoms with Crippen molar-refractivity contribution >= 4 is 11.9 Å². The van der Waals surface area contributed by atoms with Crippen molar-refractivity contribution < 1.29 is 19.1 Å². The van der Waals surface area contributed by atoms with E-state index in [-0.39, 0.29) is 23.2 Å². The average Bonchev–Trinajstić information content (AvgIpc) is 3.21. The number of ether oxygens (including phenoxy) is 2. The molecule has 0 aliphatic heterocycles. The van der Waals surface area contributed by atoms with Gasteiger partial charge in [-0.15, -0.1) is 0 Å². The van der Waals surface area contributed by atoms with Crippen LogP contribution in [0.4, 0.5) is 0 Å². The first-order valence-electron chi connectivity index (χ1n) is 12.7. The number of rotatable bonds is 10. The zero-order valence-corrected chi connectivity index (χ0v) is 20.3. The monoisotopic (exact) mass is 463 g/mol. The number of hydrogen-bond acceptors (Lipinski definition) is 4. The van der Waals surface area contributed by atoms with Gasteiger partial charge in [0, 0.05) is 13.0 Å². The number of hydrogen-bond donors (Lipinski definition) is 1. The number of amides is 1. The minimum Gasteiger partial charge on any atom is -0.494 e. The summed E-state index contributed by atoms with van der Waals surface area (Å²) in [6.07, 6.45) is 9.30. The van der Waals surface area contributed by atoms with Crippen LogP contribution in [-0.4, -0.2) is 32.1 Å². The summed E-state index contributed by atoms with van der Waals surface area (Å²) in [7, 11) is 1.48. The topological polar surface area (TPSA) is 64.6 Å². The quantitative estimate of drug-likeness (QED) is 0.391. The third-order valence-electron chi connectivity index (χ3n) is 7.63. The van der Waals surface area contributed by atoms with Crippen LogP contribution in [0.25, 0.3) is 0 Å². The summed E-state index contributed by atoms with van der Waals surface area (Å²) >= 11 is 0. The second-order valence-electron chi connectivity index (χ2n) is 9.79. The van der Waals surface area contributed by atoms with Gasteiger partial charge in [0.05, 0.1) is 19.6 Å². The number of carbonyl (C=O) groups excluding carboxylic acids is 2. The van der Waals surface area contributed by atoms with Crippen molar-refractivity contribution in [2.24, 2.45) is 5.92 Å². The number of nitrogens with one attached hydrogen (secondary N) is 1. The van der Waals surface area contributed by atoms with E-state index in [1.54, 1.807) is 0 Å². The lowest BCUT2D eigenvalue weighted by atomic mass is 9.67. The highest BCUT2D eigenvalue weighted by Crippen LogP contribution is 2.50. The van der Waals surface area contributed by atoms with Crippen LogP contribution in [0.15, 0.2) is 48.5 Å². The third kappa shape index (κ3) is 5.99. The molecule has 5 heteroatoms. The molecule has 1 spiro atoms. The number of fused-ring (bicyclic) bond motifs is 2. The van der Waals surface area contributed by atoms with Crippen molar-refractivity contribution in [2.75, 3.05) is 20.3 Å². The summed E-state index contributed by atoms with van der Waals surface area (Å²) in [4.78, 5) is 24.0. The summed E-state index contributed by atoms with van der Waals surface area (Å²) in [5.74, 6) is 1.00. The molecule has 0 saturated heterocycles. The Morgan fingerprint density at radius 2 is 1.82 bits per heavy atom. The lowest BCUT2D eigenvalue weighted by Gasteiger charge is -2.37. The molecule has 2 aliphatic rings. The van der Waals surface area contributed by atoms with Gasteiger partial charge < -0.3 is 14.8 Å². The largest absolute Gasteiger partial charge is 0.494 e. The van der Waals surface area contributed by atoms with Gasteiger partial charge in [-0.3, -0.25) is 9.59 Å². The summed E-state index contributed by atoms with van der Waals surface area (Å²) in [5.41, 5.74) is 4.30. The Morgan fingerprint density at radius 1 is 1.03 bits per heavy atom. The number of aryl methyl sites for hydroxylation is 2. The Bertz CT molecular complexity index is 963. The zero-order chi connectivity index (χ0) is 23.8. The third-order valence-corrected chi connectivity index (χ3v) is 7.63. The number of methoxy groups -OCH3 is 1. The van der Waals surface area contributed by atoms with E-state index in [1.807, 2.05) is 18.2 Å². The molecule has 2 aromatic rings. The van der Waals surface area contributed by atoms with Crippen LogP contribution in [0.2, 0.25) is 0 Å². The molecule has 2 aliphatic carbocycles. The molecule has 2 aromatic carbocycles. The standard InChI is InChI=1S/C29H37NO4/c1-33-28(32)24-14-17-29(18-15-24)16-13-23-11-12-25(21-26(23)29)34-20-6-19-30-27(31)10-5-9-22-7-3-2-4-8-22/h2-4,7-8,11-12,21,24H,5-6,9-10,13-20H2,1H3,(H,30,31). The Balaban J connectivity index is 1.18. The van der Waals surface area contributed by atoms with E-state index in [0.717, 1.165) is 63.5 Å².